The number of hydrogen-bond donors (Lipinski definition) is 0. The van der Waals surface area contributed by atoms with E-state index in [-0.39, 0.29) is 6.10 Å². The molecular formula is C16H20O3. The van der Waals surface area contributed by atoms with Crippen LogP contribution in [0.1, 0.15) is 38.4 Å². The Balaban J connectivity index is 1.91. The predicted molar refractivity (Wildman–Crippen MR) is 73.4 cm³/mol. The summed E-state index contributed by atoms with van der Waals surface area (Å²) in [4.78, 5) is 0. The molecule has 2 heterocycles. The lowest BCUT2D eigenvalue weighted by Crippen LogP contribution is -2.28. The highest BCUT2D eigenvalue weighted by atomic mass is 16.7. The fraction of sp³-hybridized carbons (Fsp3) is 0.500. The molecule has 0 spiro atoms. The van der Waals surface area contributed by atoms with Gasteiger partial charge < -0.3 is 14.2 Å². The molecule has 0 aromatic heterocycles. The number of hydrogen-bond acceptors (Lipinski definition) is 3. The molecule has 1 fully saturated rings. The zero-order chi connectivity index (χ0) is 13.4. The monoisotopic (exact) mass is 260 g/mol. The van der Waals surface area contributed by atoms with Gasteiger partial charge in [0.1, 0.15) is 0 Å². The van der Waals surface area contributed by atoms with Crippen LogP contribution < -0.4 is 9.47 Å². The molecule has 0 unspecified atom stereocenters. The average Bonchev–Trinajstić information content (AvgIpc) is 2.85. The lowest BCUT2D eigenvalue weighted by molar-refractivity contribution is -0.0672. The van der Waals surface area contributed by atoms with Crippen LogP contribution >= 0.6 is 0 Å². The minimum atomic E-state index is 0.0794. The summed E-state index contributed by atoms with van der Waals surface area (Å²) < 4.78 is 17.0. The first-order chi connectivity index (χ1) is 9.15. The third-order valence-electron chi connectivity index (χ3n) is 3.99. The van der Waals surface area contributed by atoms with Crippen LogP contribution in [0.15, 0.2) is 30.4 Å². The Morgan fingerprint density at radius 3 is 2.79 bits per heavy atom. The van der Waals surface area contributed by atoms with Gasteiger partial charge in [-0.1, -0.05) is 18.2 Å². The van der Waals surface area contributed by atoms with E-state index in [1.807, 2.05) is 12.1 Å². The van der Waals surface area contributed by atoms with Crippen LogP contribution in [-0.2, 0) is 4.74 Å². The molecule has 3 heteroatoms. The Morgan fingerprint density at radius 2 is 2.00 bits per heavy atom. The van der Waals surface area contributed by atoms with Gasteiger partial charge in [-0.15, -0.1) is 0 Å². The molecule has 3 atom stereocenters. The Hall–Kier alpha value is -1.48. The van der Waals surface area contributed by atoms with Crippen molar-refractivity contribution in [2.24, 2.45) is 5.92 Å². The maximum atomic E-state index is 6.15. The number of ether oxygens (including phenoxy) is 3. The number of benzene rings is 1. The molecule has 1 aromatic rings. The molecule has 19 heavy (non-hydrogen) atoms. The Morgan fingerprint density at radius 1 is 1.21 bits per heavy atom. The summed E-state index contributed by atoms with van der Waals surface area (Å²) in [5, 5.41) is 0. The fourth-order valence-electron chi connectivity index (χ4n) is 2.88. The molecule has 0 bridgehead atoms. The molecule has 0 N–H and O–H groups in total. The summed E-state index contributed by atoms with van der Waals surface area (Å²) in [6, 6.07) is 6.09. The summed E-state index contributed by atoms with van der Waals surface area (Å²) in [6.45, 7) is 8.65. The first kappa shape index (κ1) is 12.5. The summed E-state index contributed by atoms with van der Waals surface area (Å²) in [5.41, 5.74) is 2.35. The van der Waals surface area contributed by atoms with Crippen LogP contribution in [0.3, 0.4) is 0 Å². The van der Waals surface area contributed by atoms with Crippen molar-refractivity contribution in [1.29, 1.82) is 0 Å². The normalized spacial score (nSPS) is 29.3. The summed E-state index contributed by atoms with van der Waals surface area (Å²) in [7, 11) is 0. The van der Waals surface area contributed by atoms with Crippen LogP contribution in [0, 0.1) is 5.92 Å². The van der Waals surface area contributed by atoms with Crippen molar-refractivity contribution in [2.75, 3.05) is 6.79 Å². The van der Waals surface area contributed by atoms with Gasteiger partial charge in [-0.3, -0.25) is 0 Å². The van der Waals surface area contributed by atoms with Gasteiger partial charge in [-0.2, -0.15) is 0 Å². The molecule has 102 valence electrons. The van der Waals surface area contributed by atoms with Crippen LogP contribution in [0.25, 0.3) is 0 Å². The van der Waals surface area contributed by atoms with E-state index in [0.717, 1.165) is 29.9 Å². The fourth-order valence-corrected chi connectivity index (χ4v) is 2.88. The standard InChI is InChI=1S/C16H20O3/c1-10(2)13-6-4-11(3)19-16(13)12-5-7-14-15(8-12)18-9-17-14/h5,7-8,11,13,16H,1,4,6,9H2,2-3H3/t11-,13-,16+/m1/s1. The third-order valence-corrected chi connectivity index (χ3v) is 3.99. The largest absolute Gasteiger partial charge is 0.454 e. The van der Waals surface area contributed by atoms with Gasteiger partial charge in [0.15, 0.2) is 11.5 Å². The first-order valence-corrected chi connectivity index (χ1v) is 6.85. The van der Waals surface area contributed by atoms with E-state index in [9.17, 15) is 0 Å². The quantitative estimate of drug-likeness (QED) is 0.756. The smallest absolute Gasteiger partial charge is 0.231 e. The zero-order valence-corrected chi connectivity index (χ0v) is 11.5. The molecular weight excluding hydrogens is 240 g/mol. The van der Waals surface area contributed by atoms with E-state index < -0.39 is 0 Å². The van der Waals surface area contributed by atoms with Crippen molar-refractivity contribution in [3.8, 4) is 11.5 Å². The Kier molecular flexibility index (Phi) is 3.23. The van der Waals surface area contributed by atoms with E-state index in [1.165, 1.54) is 5.57 Å². The van der Waals surface area contributed by atoms with Crippen molar-refractivity contribution in [3.05, 3.63) is 35.9 Å². The van der Waals surface area contributed by atoms with E-state index in [0.29, 0.717) is 18.8 Å². The van der Waals surface area contributed by atoms with Crippen LogP contribution in [-0.4, -0.2) is 12.9 Å². The minimum absolute atomic E-state index is 0.0794. The molecule has 3 nitrogen and oxygen atoms in total. The molecule has 3 rings (SSSR count). The molecule has 1 aromatic carbocycles. The summed E-state index contributed by atoms with van der Waals surface area (Å²) >= 11 is 0. The lowest BCUT2D eigenvalue weighted by atomic mass is 9.83. The van der Waals surface area contributed by atoms with Gasteiger partial charge >= 0.3 is 0 Å². The molecule has 0 saturated carbocycles. The highest BCUT2D eigenvalue weighted by molar-refractivity contribution is 5.45. The van der Waals surface area contributed by atoms with E-state index in [2.05, 4.69) is 26.5 Å². The molecule has 2 aliphatic rings. The van der Waals surface area contributed by atoms with Crippen LogP contribution in [0.4, 0.5) is 0 Å². The van der Waals surface area contributed by atoms with Gasteiger partial charge in [0.25, 0.3) is 0 Å². The first-order valence-electron chi connectivity index (χ1n) is 6.85. The van der Waals surface area contributed by atoms with Crippen molar-refractivity contribution in [3.63, 3.8) is 0 Å². The van der Waals surface area contributed by atoms with Crippen molar-refractivity contribution in [2.45, 2.75) is 38.9 Å². The zero-order valence-electron chi connectivity index (χ0n) is 11.5. The van der Waals surface area contributed by atoms with Crippen molar-refractivity contribution >= 4 is 0 Å². The Bertz CT molecular complexity index is 495. The van der Waals surface area contributed by atoms with Gasteiger partial charge in [-0.05, 0) is 44.4 Å². The molecule has 1 saturated heterocycles. The molecule has 0 radical (unpaired) electrons. The van der Waals surface area contributed by atoms with Crippen LogP contribution in [0.5, 0.6) is 11.5 Å². The maximum absolute atomic E-state index is 6.15. The second-order valence-corrected chi connectivity index (χ2v) is 5.51. The minimum Gasteiger partial charge on any atom is -0.454 e. The second-order valence-electron chi connectivity index (χ2n) is 5.51. The Labute approximate surface area is 114 Å². The predicted octanol–water partition coefficient (Wildman–Crippen LogP) is 3.85. The lowest BCUT2D eigenvalue weighted by Gasteiger charge is -2.36. The molecule has 0 aliphatic carbocycles. The molecule has 0 amide bonds. The molecule has 2 aliphatic heterocycles. The average molecular weight is 260 g/mol. The maximum Gasteiger partial charge on any atom is 0.231 e. The van der Waals surface area contributed by atoms with Crippen molar-refractivity contribution < 1.29 is 14.2 Å². The SMILES string of the molecule is C=C(C)[C@H]1CC[C@@H](C)O[C@H]1c1ccc2c(c1)OCO2. The van der Waals surface area contributed by atoms with Gasteiger partial charge in [0.05, 0.1) is 12.2 Å². The second kappa shape index (κ2) is 4.89. The topological polar surface area (TPSA) is 27.7 Å². The van der Waals surface area contributed by atoms with Crippen molar-refractivity contribution in [1.82, 2.24) is 0 Å². The van der Waals surface area contributed by atoms with E-state index in [1.54, 1.807) is 0 Å². The summed E-state index contributed by atoms with van der Waals surface area (Å²) in [5.74, 6) is 2.02. The van der Waals surface area contributed by atoms with Gasteiger partial charge in [-0.25, -0.2) is 0 Å². The highest BCUT2D eigenvalue weighted by Crippen LogP contribution is 2.42. The van der Waals surface area contributed by atoms with Gasteiger partial charge in [0, 0.05) is 5.92 Å². The third kappa shape index (κ3) is 2.35. The number of fused-ring (bicyclic) bond motifs is 1. The van der Waals surface area contributed by atoms with Crippen LogP contribution in [0.2, 0.25) is 0 Å². The van der Waals surface area contributed by atoms with Gasteiger partial charge in [0.2, 0.25) is 6.79 Å². The highest BCUT2D eigenvalue weighted by Gasteiger charge is 2.32. The van der Waals surface area contributed by atoms with E-state index >= 15 is 0 Å². The van der Waals surface area contributed by atoms with E-state index in [4.69, 9.17) is 14.2 Å². The number of rotatable bonds is 2. The summed E-state index contributed by atoms with van der Waals surface area (Å²) in [6.07, 6.45) is 2.61.